The van der Waals surface area contributed by atoms with Crippen LogP contribution in [0.3, 0.4) is 0 Å². The molecule has 13 heavy (non-hydrogen) atoms. The van der Waals surface area contributed by atoms with Crippen molar-refractivity contribution in [2.24, 2.45) is 0 Å². The van der Waals surface area contributed by atoms with E-state index in [2.05, 4.69) is 36.1 Å². The zero-order valence-electron chi connectivity index (χ0n) is 9.43. The molecule has 0 aliphatic carbocycles. The average molecular weight is 185 g/mol. The van der Waals surface area contributed by atoms with Crippen molar-refractivity contribution < 1.29 is 0 Å². The molecular weight excluding hydrogens is 162 g/mol. The van der Waals surface area contributed by atoms with Gasteiger partial charge in [0.1, 0.15) is 0 Å². The minimum absolute atomic E-state index is 0.323. The van der Waals surface area contributed by atoms with Crippen LogP contribution in [-0.4, -0.2) is 48.7 Å². The van der Waals surface area contributed by atoms with Gasteiger partial charge >= 0.3 is 0 Å². The number of hydrogen-bond acceptors (Lipinski definition) is 3. The second-order valence-corrected chi connectivity index (χ2v) is 4.72. The zero-order valence-corrected chi connectivity index (χ0v) is 9.43. The molecule has 0 radical (unpaired) electrons. The molecule has 0 amide bonds. The Labute approximate surface area is 82.1 Å². The summed E-state index contributed by atoms with van der Waals surface area (Å²) in [6, 6.07) is 0. The summed E-state index contributed by atoms with van der Waals surface area (Å²) in [6.45, 7) is 11.6. The van der Waals surface area contributed by atoms with Crippen molar-refractivity contribution in [1.82, 2.24) is 15.3 Å². The maximum absolute atomic E-state index is 3.22. The molecule has 0 saturated carbocycles. The lowest BCUT2D eigenvalue weighted by atomic mass is 10.1. The van der Waals surface area contributed by atoms with E-state index in [0.29, 0.717) is 5.54 Å². The second-order valence-electron chi connectivity index (χ2n) is 4.72. The first-order valence-corrected chi connectivity index (χ1v) is 5.21. The van der Waals surface area contributed by atoms with Gasteiger partial charge in [0.05, 0.1) is 0 Å². The van der Waals surface area contributed by atoms with Crippen molar-refractivity contribution in [3.63, 3.8) is 0 Å². The molecule has 1 aliphatic rings. The highest BCUT2D eigenvalue weighted by Crippen LogP contribution is 2.15. The van der Waals surface area contributed by atoms with Crippen LogP contribution < -0.4 is 5.43 Å². The molecule has 1 rings (SSSR count). The van der Waals surface area contributed by atoms with E-state index in [-0.39, 0.29) is 0 Å². The van der Waals surface area contributed by atoms with E-state index in [0.717, 1.165) is 6.54 Å². The highest BCUT2D eigenvalue weighted by molar-refractivity contribution is 4.79. The minimum atomic E-state index is 0.323. The normalized spacial score (nSPS) is 23.1. The molecule has 1 aliphatic heterocycles. The van der Waals surface area contributed by atoms with E-state index in [9.17, 15) is 0 Å². The van der Waals surface area contributed by atoms with Crippen molar-refractivity contribution in [1.29, 1.82) is 0 Å². The molecule has 1 fully saturated rings. The predicted octanol–water partition coefficient (Wildman–Crippen LogP) is 0.927. The Bertz CT molecular complexity index is 151. The largest absolute Gasteiger partial charge is 0.297 e. The summed E-state index contributed by atoms with van der Waals surface area (Å²) in [6.07, 6.45) is 1.26. The average Bonchev–Trinajstić information content (AvgIpc) is 2.26. The Morgan fingerprint density at radius 1 is 1.00 bits per heavy atom. The van der Waals surface area contributed by atoms with E-state index in [1.165, 1.54) is 26.1 Å². The Morgan fingerprint density at radius 3 is 2.23 bits per heavy atom. The molecule has 0 spiro atoms. The molecule has 1 heterocycles. The molecule has 3 nitrogen and oxygen atoms in total. The van der Waals surface area contributed by atoms with Crippen LogP contribution in [0.5, 0.6) is 0 Å². The van der Waals surface area contributed by atoms with Crippen LogP contribution in [0.4, 0.5) is 0 Å². The topological polar surface area (TPSA) is 18.5 Å². The van der Waals surface area contributed by atoms with Gasteiger partial charge in [-0.3, -0.25) is 10.3 Å². The molecule has 0 bridgehead atoms. The van der Waals surface area contributed by atoms with Gasteiger partial charge in [-0.25, -0.2) is 5.01 Å². The fraction of sp³-hybridized carbons (Fsp3) is 1.00. The van der Waals surface area contributed by atoms with Crippen LogP contribution in [0.2, 0.25) is 0 Å². The molecule has 1 N–H and O–H groups in total. The molecular formula is C10H23N3. The van der Waals surface area contributed by atoms with Crippen LogP contribution >= 0.6 is 0 Å². The van der Waals surface area contributed by atoms with Crippen molar-refractivity contribution in [2.45, 2.75) is 32.7 Å². The lowest BCUT2D eigenvalue weighted by Crippen LogP contribution is -2.44. The van der Waals surface area contributed by atoms with E-state index in [4.69, 9.17) is 0 Å². The first kappa shape index (κ1) is 11.0. The molecule has 0 aromatic carbocycles. The summed E-state index contributed by atoms with van der Waals surface area (Å²) in [7, 11) is 2.01. The smallest absolute Gasteiger partial charge is 0.0258 e. The van der Waals surface area contributed by atoms with Gasteiger partial charge in [-0.05, 0) is 40.8 Å². The van der Waals surface area contributed by atoms with Gasteiger partial charge in [-0.1, -0.05) is 0 Å². The first-order chi connectivity index (χ1) is 6.04. The van der Waals surface area contributed by atoms with Crippen molar-refractivity contribution in [3.8, 4) is 0 Å². The Morgan fingerprint density at radius 2 is 1.69 bits per heavy atom. The van der Waals surface area contributed by atoms with Crippen LogP contribution in [0.15, 0.2) is 0 Å². The fourth-order valence-corrected chi connectivity index (χ4v) is 1.81. The van der Waals surface area contributed by atoms with Gasteiger partial charge in [0, 0.05) is 25.2 Å². The van der Waals surface area contributed by atoms with Gasteiger partial charge in [0.25, 0.3) is 0 Å². The first-order valence-electron chi connectivity index (χ1n) is 5.21. The van der Waals surface area contributed by atoms with E-state index >= 15 is 0 Å². The van der Waals surface area contributed by atoms with Crippen molar-refractivity contribution >= 4 is 0 Å². The Hall–Kier alpha value is -0.120. The zero-order chi connectivity index (χ0) is 9.90. The summed E-state index contributed by atoms with van der Waals surface area (Å²) in [5, 5.41) is 2.30. The SMILES string of the molecule is CNN1CCCN(C(C)(C)C)CC1. The van der Waals surface area contributed by atoms with E-state index < -0.39 is 0 Å². The third kappa shape index (κ3) is 3.25. The van der Waals surface area contributed by atoms with Gasteiger partial charge in [-0.2, -0.15) is 0 Å². The van der Waals surface area contributed by atoms with Gasteiger partial charge in [0.15, 0.2) is 0 Å². The van der Waals surface area contributed by atoms with Gasteiger partial charge < -0.3 is 0 Å². The molecule has 1 saturated heterocycles. The summed E-state index contributed by atoms with van der Waals surface area (Å²) < 4.78 is 0. The summed E-state index contributed by atoms with van der Waals surface area (Å²) in [5.74, 6) is 0. The third-order valence-corrected chi connectivity index (χ3v) is 2.76. The van der Waals surface area contributed by atoms with Gasteiger partial charge in [0.2, 0.25) is 0 Å². The van der Waals surface area contributed by atoms with Crippen LogP contribution in [0.1, 0.15) is 27.2 Å². The monoisotopic (exact) mass is 185 g/mol. The summed E-state index contributed by atoms with van der Waals surface area (Å²) in [5.41, 5.74) is 3.55. The number of hydrazine groups is 1. The predicted molar refractivity (Wildman–Crippen MR) is 56.6 cm³/mol. The molecule has 3 heteroatoms. The van der Waals surface area contributed by atoms with Crippen molar-refractivity contribution in [2.75, 3.05) is 33.2 Å². The number of hydrogen-bond donors (Lipinski definition) is 1. The summed E-state index contributed by atoms with van der Waals surface area (Å²) in [4.78, 5) is 2.56. The quantitative estimate of drug-likeness (QED) is 0.655. The molecule has 78 valence electrons. The number of nitrogens with zero attached hydrogens (tertiary/aromatic N) is 2. The minimum Gasteiger partial charge on any atom is -0.297 e. The fourth-order valence-electron chi connectivity index (χ4n) is 1.81. The summed E-state index contributed by atoms with van der Waals surface area (Å²) >= 11 is 0. The number of nitrogens with one attached hydrogen (secondary N) is 1. The van der Waals surface area contributed by atoms with E-state index in [1.807, 2.05) is 7.05 Å². The van der Waals surface area contributed by atoms with Crippen LogP contribution in [0.25, 0.3) is 0 Å². The molecule has 0 aromatic heterocycles. The molecule has 0 atom stereocenters. The highest BCUT2D eigenvalue weighted by atomic mass is 15.5. The highest BCUT2D eigenvalue weighted by Gasteiger charge is 2.23. The van der Waals surface area contributed by atoms with Crippen molar-refractivity contribution in [3.05, 3.63) is 0 Å². The van der Waals surface area contributed by atoms with Crippen LogP contribution in [-0.2, 0) is 0 Å². The van der Waals surface area contributed by atoms with Crippen LogP contribution in [0, 0.1) is 0 Å². The lowest BCUT2D eigenvalue weighted by molar-refractivity contribution is 0.135. The lowest BCUT2D eigenvalue weighted by Gasteiger charge is -2.34. The number of rotatable bonds is 1. The maximum Gasteiger partial charge on any atom is 0.0258 e. The standard InChI is InChI=1S/C10H23N3/c1-10(2,3)12-6-5-7-13(11-4)9-8-12/h11H,5-9H2,1-4H3. The second kappa shape index (κ2) is 4.40. The van der Waals surface area contributed by atoms with E-state index in [1.54, 1.807) is 0 Å². The van der Waals surface area contributed by atoms with Gasteiger partial charge in [-0.15, -0.1) is 0 Å². The molecule has 0 aromatic rings. The molecule has 0 unspecified atom stereocenters. The maximum atomic E-state index is 3.22. The third-order valence-electron chi connectivity index (χ3n) is 2.76. The Kier molecular flexibility index (Phi) is 3.71. The Balaban J connectivity index is 2.45.